The molecule has 0 radical (unpaired) electrons. The van der Waals surface area contributed by atoms with Crippen molar-refractivity contribution < 1.29 is 9.47 Å². The van der Waals surface area contributed by atoms with Gasteiger partial charge >= 0.3 is 0 Å². The minimum atomic E-state index is 0.322. The second-order valence-corrected chi connectivity index (χ2v) is 3.74. The van der Waals surface area contributed by atoms with Gasteiger partial charge in [0.05, 0.1) is 18.8 Å². The Labute approximate surface area is 86.4 Å². The summed E-state index contributed by atoms with van der Waals surface area (Å²) < 4.78 is 10.5. The molecule has 1 fully saturated rings. The zero-order valence-corrected chi connectivity index (χ0v) is 9.25. The molecular weight excluding hydrogens is 178 g/mol. The van der Waals surface area contributed by atoms with Crippen molar-refractivity contribution in [1.82, 2.24) is 4.90 Å². The molecule has 1 heterocycles. The van der Waals surface area contributed by atoms with Crippen LogP contribution in [-0.2, 0) is 9.47 Å². The molecule has 0 bridgehead atoms. The van der Waals surface area contributed by atoms with Crippen LogP contribution in [-0.4, -0.2) is 50.5 Å². The molecule has 0 saturated carbocycles. The van der Waals surface area contributed by atoms with E-state index in [2.05, 4.69) is 30.6 Å². The molecule has 0 aromatic rings. The molecule has 1 saturated heterocycles. The van der Waals surface area contributed by atoms with Crippen molar-refractivity contribution in [2.24, 2.45) is 0 Å². The normalized spacial score (nSPS) is 28.2. The molecule has 14 heavy (non-hydrogen) atoms. The quantitative estimate of drug-likeness (QED) is 0.610. The number of methoxy groups -OCH3 is 1. The summed E-state index contributed by atoms with van der Waals surface area (Å²) in [5.74, 6) is 6.05. The Balaban J connectivity index is 2.27. The van der Waals surface area contributed by atoms with E-state index in [4.69, 9.17) is 9.47 Å². The molecule has 80 valence electrons. The molecule has 1 aliphatic heterocycles. The lowest BCUT2D eigenvalue weighted by molar-refractivity contribution is -0.0640. The Kier molecular flexibility index (Phi) is 4.95. The van der Waals surface area contributed by atoms with Gasteiger partial charge in [0, 0.05) is 20.2 Å². The van der Waals surface area contributed by atoms with Crippen LogP contribution in [0.15, 0.2) is 0 Å². The van der Waals surface area contributed by atoms with Crippen molar-refractivity contribution in [1.29, 1.82) is 0 Å². The van der Waals surface area contributed by atoms with Crippen LogP contribution in [0.1, 0.15) is 13.8 Å². The maximum atomic E-state index is 5.63. The minimum absolute atomic E-state index is 0.322. The molecule has 3 nitrogen and oxygen atoms in total. The molecule has 0 aromatic carbocycles. The van der Waals surface area contributed by atoms with Crippen molar-refractivity contribution in [2.75, 3.05) is 33.4 Å². The van der Waals surface area contributed by atoms with Crippen LogP contribution < -0.4 is 0 Å². The average molecular weight is 197 g/mol. The molecule has 0 spiro atoms. The first-order valence-corrected chi connectivity index (χ1v) is 5.05. The smallest absolute Gasteiger partial charge is 0.107 e. The van der Waals surface area contributed by atoms with E-state index < -0.39 is 0 Å². The molecule has 0 N–H and O–H groups in total. The highest BCUT2D eigenvalue weighted by Crippen LogP contribution is 2.09. The van der Waals surface area contributed by atoms with Crippen LogP contribution in [0.3, 0.4) is 0 Å². The van der Waals surface area contributed by atoms with Gasteiger partial charge in [0.15, 0.2) is 0 Å². The van der Waals surface area contributed by atoms with Gasteiger partial charge in [-0.05, 0) is 13.8 Å². The van der Waals surface area contributed by atoms with Gasteiger partial charge in [0.1, 0.15) is 6.61 Å². The zero-order chi connectivity index (χ0) is 10.4. The average Bonchev–Trinajstić information content (AvgIpc) is 2.11. The number of rotatable bonds is 2. The number of hydrogen-bond donors (Lipinski definition) is 0. The fraction of sp³-hybridized carbons (Fsp3) is 0.818. The molecular formula is C11H19NO2. The molecule has 1 rings (SSSR count). The fourth-order valence-corrected chi connectivity index (χ4v) is 1.70. The largest absolute Gasteiger partial charge is 0.373 e. The number of ether oxygens (including phenoxy) is 2. The Morgan fingerprint density at radius 2 is 1.93 bits per heavy atom. The van der Waals surface area contributed by atoms with Gasteiger partial charge in [-0.15, -0.1) is 0 Å². The maximum absolute atomic E-state index is 5.63. The molecule has 0 aromatic heterocycles. The highest BCUT2D eigenvalue weighted by molar-refractivity contribution is 5.02. The van der Waals surface area contributed by atoms with E-state index in [0.29, 0.717) is 18.8 Å². The third kappa shape index (κ3) is 4.10. The fourth-order valence-electron chi connectivity index (χ4n) is 1.70. The lowest BCUT2D eigenvalue weighted by Gasteiger charge is -2.34. The molecule has 0 amide bonds. The van der Waals surface area contributed by atoms with Gasteiger partial charge in [-0.1, -0.05) is 11.8 Å². The third-order valence-corrected chi connectivity index (χ3v) is 2.14. The summed E-state index contributed by atoms with van der Waals surface area (Å²) >= 11 is 0. The molecule has 2 atom stereocenters. The predicted octanol–water partition coefficient (Wildman–Crippen LogP) is 0.745. The minimum Gasteiger partial charge on any atom is -0.373 e. The van der Waals surface area contributed by atoms with Gasteiger partial charge in [-0.25, -0.2) is 0 Å². The van der Waals surface area contributed by atoms with Crippen molar-refractivity contribution in [2.45, 2.75) is 26.1 Å². The summed E-state index contributed by atoms with van der Waals surface area (Å²) in [6, 6.07) is 0. The third-order valence-electron chi connectivity index (χ3n) is 2.14. The molecule has 2 unspecified atom stereocenters. The van der Waals surface area contributed by atoms with Gasteiger partial charge in [-0.2, -0.15) is 0 Å². The van der Waals surface area contributed by atoms with Crippen LogP contribution in [0, 0.1) is 11.8 Å². The Morgan fingerprint density at radius 1 is 1.29 bits per heavy atom. The summed E-state index contributed by atoms with van der Waals surface area (Å²) in [7, 11) is 1.66. The van der Waals surface area contributed by atoms with E-state index in [1.54, 1.807) is 7.11 Å². The number of hydrogen-bond acceptors (Lipinski definition) is 3. The van der Waals surface area contributed by atoms with Gasteiger partial charge in [0.2, 0.25) is 0 Å². The summed E-state index contributed by atoms with van der Waals surface area (Å²) in [6.45, 7) is 7.51. The van der Waals surface area contributed by atoms with Crippen LogP contribution in [0.25, 0.3) is 0 Å². The van der Waals surface area contributed by atoms with Crippen molar-refractivity contribution in [3.63, 3.8) is 0 Å². The van der Waals surface area contributed by atoms with E-state index in [1.807, 2.05) is 0 Å². The van der Waals surface area contributed by atoms with Crippen molar-refractivity contribution >= 4 is 0 Å². The maximum Gasteiger partial charge on any atom is 0.107 e. The van der Waals surface area contributed by atoms with Crippen molar-refractivity contribution in [3.8, 4) is 11.8 Å². The first-order valence-electron chi connectivity index (χ1n) is 5.05. The number of nitrogens with zero attached hydrogens (tertiary/aromatic N) is 1. The SMILES string of the molecule is COCC#CCN1CC(C)OC(C)C1. The molecule has 1 aliphatic rings. The van der Waals surface area contributed by atoms with Gasteiger partial charge in [-0.3, -0.25) is 4.90 Å². The van der Waals surface area contributed by atoms with Gasteiger partial charge < -0.3 is 9.47 Å². The monoisotopic (exact) mass is 197 g/mol. The standard InChI is InChI=1S/C11H19NO2/c1-10-8-12(9-11(2)14-10)6-4-5-7-13-3/h10-11H,6-9H2,1-3H3. The summed E-state index contributed by atoms with van der Waals surface area (Å²) in [6.07, 6.45) is 0.644. The first-order chi connectivity index (χ1) is 6.72. The zero-order valence-electron chi connectivity index (χ0n) is 9.25. The Hall–Kier alpha value is -0.560. The highest BCUT2D eigenvalue weighted by Gasteiger charge is 2.20. The lowest BCUT2D eigenvalue weighted by Crippen LogP contribution is -2.45. The van der Waals surface area contributed by atoms with E-state index in [9.17, 15) is 0 Å². The first kappa shape index (κ1) is 11.5. The lowest BCUT2D eigenvalue weighted by atomic mass is 10.2. The summed E-state index contributed by atoms with van der Waals surface area (Å²) in [5, 5.41) is 0. The van der Waals surface area contributed by atoms with E-state index >= 15 is 0 Å². The van der Waals surface area contributed by atoms with E-state index in [-0.39, 0.29) is 0 Å². The van der Waals surface area contributed by atoms with Crippen molar-refractivity contribution in [3.05, 3.63) is 0 Å². The molecule has 0 aliphatic carbocycles. The van der Waals surface area contributed by atoms with Crippen LogP contribution in [0.5, 0.6) is 0 Å². The predicted molar refractivity (Wildman–Crippen MR) is 56.1 cm³/mol. The van der Waals surface area contributed by atoms with Crippen LogP contribution in [0.2, 0.25) is 0 Å². The summed E-state index contributed by atoms with van der Waals surface area (Å²) in [4.78, 5) is 2.32. The van der Waals surface area contributed by atoms with Crippen LogP contribution >= 0.6 is 0 Å². The van der Waals surface area contributed by atoms with Crippen LogP contribution in [0.4, 0.5) is 0 Å². The Bertz CT molecular complexity index is 209. The second kappa shape index (κ2) is 6.02. The Morgan fingerprint density at radius 3 is 2.50 bits per heavy atom. The van der Waals surface area contributed by atoms with E-state index in [1.165, 1.54) is 0 Å². The van der Waals surface area contributed by atoms with E-state index in [0.717, 1.165) is 19.6 Å². The number of morpholine rings is 1. The topological polar surface area (TPSA) is 21.7 Å². The summed E-state index contributed by atoms with van der Waals surface area (Å²) in [5.41, 5.74) is 0. The molecule has 3 heteroatoms. The second-order valence-electron chi connectivity index (χ2n) is 3.74. The highest BCUT2D eigenvalue weighted by atomic mass is 16.5. The van der Waals surface area contributed by atoms with Gasteiger partial charge in [0.25, 0.3) is 0 Å².